The number of rotatable bonds is 5. The minimum atomic E-state index is -0.524. The quantitative estimate of drug-likeness (QED) is 0.841. The molecule has 0 spiro atoms. The number of carbonyl (C=O) groups excluding carboxylic acids is 1. The van der Waals surface area contributed by atoms with Crippen LogP contribution in [0.5, 0.6) is 0 Å². The summed E-state index contributed by atoms with van der Waals surface area (Å²) in [6.07, 6.45) is 3.75. The summed E-state index contributed by atoms with van der Waals surface area (Å²) >= 11 is 0. The molecule has 0 saturated heterocycles. The molecule has 0 saturated carbocycles. The lowest BCUT2D eigenvalue weighted by Gasteiger charge is -2.19. The number of nitriles is 1. The average Bonchev–Trinajstić information content (AvgIpc) is 2.40. The Kier molecular flexibility index (Phi) is 6.58. The smallest absolute Gasteiger partial charge is 0.407 e. The fraction of sp³-hybridized carbons (Fsp3) is 0.412. The third-order valence-corrected chi connectivity index (χ3v) is 2.62. The predicted octanol–water partition coefficient (Wildman–Crippen LogP) is 3.82. The van der Waals surface area contributed by atoms with Gasteiger partial charge in [0, 0.05) is 12.1 Å². The second-order valence-electron chi connectivity index (χ2n) is 5.81. The number of halogens is 1. The van der Waals surface area contributed by atoms with Crippen molar-refractivity contribution in [2.24, 2.45) is 0 Å². The normalized spacial score (nSPS) is 11.2. The van der Waals surface area contributed by atoms with Gasteiger partial charge in [-0.15, -0.1) is 0 Å². The van der Waals surface area contributed by atoms with Gasteiger partial charge in [-0.3, -0.25) is 0 Å². The molecule has 1 amide bonds. The Labute approximate surface area is 130 Å². The summed E-state index contributed by atoms with van der Waals surface area (Å²) in [7, 11) is 0. The van der Waals surface area contributed by atoms with Gasteiger partial charge in [-0.25, -0.2) is 9.18 Å². The number of hydrogen-bond donors (Lipinski definition) is 1. The van der Waals surface area contributed by atoms with Crippen molar-refractivity contribution in [2.45, 2.75) is 39.2 Å². The molecule has 0 unspecified atom stereocenters. The fourth-order valence-corrected chi connectivity index (χ4v) is 1.70. The number of benzene rings is 1. The fourth-order valence-electron chi connectivity index (χ4n) is 1.70. The van der Waals surface area contributed by atoms with E-state index in [-0.39, 0.29) is 12.2 Å². The molecule has 0 atom stereocenters. The first kappa shape index (κ1) is 17.7. The lowest BCUT2D eigenvalue weighted by Crippen LogP contribution is -2.32. The van der Waals surface area contributed by atoms with Crippen LogP contribution in [0.2, 0.25) is 0 Å². The van der Waals surface area contributed by atoms with Crippen LogP contribution in [0.3, 0.4) is 0 Å². The summed E-state index contributed by atoms with van der Waals surface area (Å²) in [5.41, 5.74) is 0.685. The molecule has 0 aromatic heterocycles. The number of nitrogens with one attached hydrogen (secondary N) is 1. The third kappa shape index (κ3) is 6.89. The first-order valence-corrected chi connectivity index (χ1v) is 7.10. The van der Waals surface area contributed by atoms with Crippen LogP contribution in [0, 0.1) is 17.1 Å². The summed E-state index contributed by atoms with van der Waals surface area (Å²) in [4.78, 5) is 11.4. The third-order valence-electron chi connectivity index (χ3n) is 2.62. The van der Waals surface area contributed by atoms with Crippen molar-refractivity contribution in [3.63, 3.8) is 0 Å². The van der Waals surface area contributed by atoms with E-state index >= 15 is 0 Å². The topological polar surface area (TPSA) is 62.1 Å². The molecule has 0 aliphatic carbocycles. The molecule has 1 rings (SSSR count). The SMILES string of the molecule is CC(C)(C)OC(=O)NCCC=Cc1cc(CC#N)ccc1F. The summed E-state index contributed by atoms with van der Waals surface area (Å²) < 4.78 is 18.7. The van der Waals surface area contributed by atoms with Crippen LogP contribution >= 0.6 is 0 Å². The minimum absolute atomic E-state index is 0.251. The molecule has 1 N–H and O–H groups in total. The molecule has 0 aliphatic rings. The van der Waals surface area contributed by atoms with Crippen LogP contribution in [0.15, 0.2) is 24.3 Å². The van der Waals surface area contributed by atoms with E-state index in [9.17, 15) is 9.18 Å². The van der Waals surface area contributed by atoms with Crippen LogP contribution in [0.25, 0.3) is 6.08 Å². The van der Waals surface area contributed by atoms with Crippen LogP contribution in [-0.2, 0) is 11.2 Å². The zero-order valence-corrected chi connectivity index (χ0v) is 13.1. The largest absolute Gasteiger partial charge is 0.444 e. The Morgan fingerprint density at radius 2 is 2.18 bits per heavy atom. The minimum Gasteiger partial charge on any atom is -0.444 e. The zero-order chi connectivity index (χ0) is 16.6. The van der Waals surface area contributed by atoms with Crippen LogP contribution in [0.1, 0.15) is 38.3 Å². The molecule has 0 aliphatic heterocycles. The van der Waals surface area contributed by atoms with Gasteiger partial charge in [0.25, 0.3) is 0 Å². The summed E-state index contributed by atoms with van der Waals surface area (Å²) in [6, 6.07) is 6.63. The molecule has 0 bridgehead atoms. The van der Waals surface area contributed by atoms with E-state index in [4.69, 9.17) is 10.00 Å². The highest BCUT2D eigenvalue weighted by Gasteiger charge is 2.15. The number of carbonyl (C=O) groups is 1. The van der Waals surface area contributed by atoms with E-state index in [2.05, 4.69) is 5.32 Å². The molecular formula is C17H21FN2O2. The van der Waals surface area contributed by atoms with Gasteiger partial charge < -0.3 is 10.1 Å². The Balaban J connectivity index is 2.45. The lowest BCUT2D eigenvalue weighted by atomic mass is 10.1. The zero-order valence-electron chi connectivity index (χ0n) is 13.1. The maximum Gasteiger partial charge on any atom is 0.407 e. The molecule has 0 radical (unpaired) electrons. The van der Waals surface area contributed by atoms with E-state index < -0.39 is 11.7 Å². The Hall–Kier alpha value is -2.35. The second-order valence-corrected chi connectivity index (χ2v) is 5.81. The van der Waals surface area contributed by atoms with E-state index in [1.165, 1.54) is 6.07 Å². The van der Waals surface area contributed by atoms with Gasteiger partial charge in [-0.2, -0.15) is 5.26 Å². The number of ether oxygens (including phenoxy) is 1. The number of amides is 1. The van der Waals surface area contributed by atoms with Gasteiger partial charge in [-0.1, -0.05) is 18.2 Å². The molecule has 1 aromatic carbocycles. The van der Waals surface area contributed by atoms with E-state index in [1.807, 2.05) is 6.07 Å². The van der Waals surface area contributed by atoms with Crippen LogP contribution in [-0.4, -0.2) is 18.2 Å². The molecule has 1 aromatic rings. The van der Waals surface area contributed by atoms with Crippen molar-refractivity contribution in [3.05, 3.63) is 41.2 Å². The maximum atomic E-state index is 13.6. The summed E-state index contributed by atoms with van der Waals surface area (Å²) in [6.45, 7) is 5.79. The van der Waals surface area contributed by atoms with Gasteiger partial charge in [0.2, 0.25) is 0 Å². The molecule has 22 heavy (non-hydrogen) atoms. The van der Waals surface area contributed by atoms with Crippen molar-refractivity contribution in [2.75, 3.05) is 6.54 Å². The van der Waals surface area contributed by atoms with E-state index in [0.717, 1.165) is 5.56 Å². The Morgan fingerprint density at radius 3 is 2.82 bits per heavy atom. The number of hydrogen-bond acceptors (Lipinski definition) is 3. The van der Waals surface area contributed by atoms with Crippen LogP contribution < -0.4 is 5.32 Å². The van der Waals surface area contributed by atoms with Gasteiger partial charge >= 0.3 is 6.09 Å². The Morgan fingerprint density at radius 1 is 1.45 bits per heavy atom. The second kappa shape index (κ2) is 8.18. The molecule has 5 heteroatoms. The summed E-state index contributed by atoms with van der Waals surface area (Å²) in [5, 5.41) is 11.3. The molecule has 118 valence electrons. The van der Waals surface area contributed by atoms with Crippen molar-refractivity contribution < 1.29 is 13.9 Å². The van der Waals surface area contributed by atoms with Crippen molar-refractivity contribution in [1.29, 1.82) is 5.26 Å². The monoisotopic (exact) mass is 304 g/mol. The molecule has 0 heterocycles. The number of alkyl carbamates (subject to hydrolysis) is 1. The highest BCUT2D eigenvalue weighted by Crippen LogP contribution is 2.13. The number of nitrogens with zero attached hydrogens (tertiary/aromatic N) is 1. The van der Waals surface area contributed by atoms with E-state index in [1.54, 1.807) is 45.1 Å². The molecule has 4 nitrogen and oxygen atoms in total. The van der Waals surface area contributed by atoms with Gasteiger partial charge in [0.1, 0.15) is 11.4 Å². The average molecular weight is 304 g/mol. The summed E-state index contributed by atoms with van der Waals surface area (Å²) in [5.74, 6) is -0.335. The first-order chi connectivity index (χ1) is 10.3. The van der Waals surface area contributed by atoms with Crippen molar-refractivity contribution >= 4 is 12.2 Å². The van der Waals surface area contributed by atoms with Gasteiger partial charge in [-0.05, 0) is 44.9 Å². The molecule has 0 fully saturated rings. The Bertz CT molecular complexity index is 583. The van der Waals surface area contributed by atoms with Crippen molar-refractivity contribution in [3.8, 4) is 6.07 Å². The highest BCUT2D eigenvalue weighted by atomic mass is 19.1. The standard InChI is InChI=1S/C17H21FN2O2/c1-17(2,3)22-16(21)20-11-5-4-6-14-12-13(9-10-19)7-8-15(14)18/h4,6-8,12H,5,9,11H2,1-3H3,(H,20,21). The van der Waals surface area contributed by atoms with Crippen molar-refractivity contribution in [1.82, 2.24) is 5.32 Å². The van der Waals surface area contributed by atoms with E-state index in [0.29, 0.717) is 18.5 Å². The maximum absolute atomic E-state index is 13.6. The first-order valence-electron chi connectivity index (χ1n) is 7.10. The lowest BCUT2D eigenvalue weighted by molar-refractivity contribution is 0.0529. The van der Waals surface area contributed by atoms with Gasteiger partial charge in [0.15, 0.2) is 0 Å². The highest BCUT2D eigenvalue weighted by molar-refractivity contribution is 5.67. The van der Waals surface area contributed by atoms with Gasteiger partial charge in [0.05, 0.1) is 12.5 Å². The predicted molar refractivity (Wildman–Crippen MR) is 83.6 cm³/mol. The molecular weight excluding hydrogens is 283 g/mol. The van der Waals surface area contributed by atoms with Crippen LogP contribution in [0.4, 0.5) is 9.18 Å².